The van der Waals surface area contributed by atoms with E-state index in [-0.39, 0.29) is 10.9 Å². The summed E-state index contributed by atoms with van der Waals surface area (Å²) in [6.45, 7) is 0. The quantitative estimate of drug-likeness (QED) is 0.892. The van der Waals surface area contributed by atoms with Gasteiger partial charge in [-0.1, -0.05) is 54.6 Å². The van der Waals surface area contributed by atoms with Gasteiger partial charge in [-0.05, 0) is 30.5 Å². The van der Waals surface area contributed by atoms with E-state index in [1.807, 2.05) is 30.3 Å². The van der Waals surface area contributed by atoms with Crippen LogP contribution < -0.4 is 5.73 Å². The van der Waals surface area contributed by atoms with Gasteiger partial charge in [0.1, 0.15) is 0 Å². The monoisotopic (exact) mass is 301 g/mol. The van der Waals surface area contributed by atoms with Crippen LogP contribution in [0.3, 0.4) is 0 Å². The summed E-state index contributed by atoms with van der Waals surface area (Å²) in [4.78, 5) is 0.288. The van der Waals surface area contributed by atoms with E-state index in [0.717, 1.165) is 6.42 Å². The van der Waals surface area contributed by atoms with Crippen molar-refractivity contribution in [2.24, 2.45) is 5.73 Å². The van der Waals surface area contributed by atoms with Crippen LogP contribution in [0.5, 0.6) is 0 Å². The van der Waals surface area contributed by atoms with Crippen LogP contribution in [0.1, 0.15) is 12.0 Å². The van der Waals surface area contributed by atoms with Crippen molar-refractivity contribution in [1.29, 1.82) is 0 Å². The van der Waals surface area contributed by atoms with E-state index in [1.165, 1.54) is 11.0 Å². The molecular formula is C17H19NO2S. The molecule has 2 aromatic rings. The van der Waals surface area contributed by atoms with Gasteiger partial charge in [0.25, 0.3) is 0 Å². The number of aryl methyl sites for hydroxylation is 1. The second kappa shape index (κ2) is 7.20. The highest BCUT2D eigenvalue weighted by Crippen LogP contribution is 2.12. The van der Waals surface area contributed by atoms with Crippen LogP contribution in [0, 0.1) is 0 Å². The van der Waals surface area contributed by atoms with Crippen molar-refractivity contribution < 1.29 is 8.42 Å². The number of benzene rings is 2. The average molecular weight is 301 g/mol. The summed E-state index contributed by atoms with van der Waals surface area (Å²) in [5, 5.41) is 1.21. The first-order chi connectivity index (χ1) is 10.1. The van der Waals surface area contributed by atoms with Crippen LogP contribution in [0.2, 0.25) is 0 Å². The number of hydrogen-bond acceptors (Lipinski definition) is 3. The Hall–Kier alpha value is -1.91. The van der Waals surface area contributed by atoms with Gasteiger partial charge in [0.05, 0.1) is 4.90 Å². The van der Waals surface area contributed by atoms with Crippen LogP contribution in [-0.2, 0) is 16.3 Å². The van der Waals surface area contributed by atoms with Crippen LogP contribution in [-0.4, -0.2) is 14.5 Å². The summed E-state index contributed by atoms with van der Waals surface area (Å²) >= 11 is 0. The Morgan fingerprint density at radius 3 is 2.14 bits per heavy atom. The first kappa shape index (κ1) is 15.5. The molecule has 0 aliphatic heterocycles. The molecule has 0 saturated carbocycles. The molecule has 0 spiro atoms. The number of rotatable bonds is 6. The molecule has 1 atom stereocenters. The summed E-state index contributed by atoms with van der Waals surface area (Å²) in [5.41, 5.74) is 7.16. The SMILES string of the molecule is N[C@H](C=CS(=O)(=O)c1ccccc1)CCc1ccccc1. The maximum Gasteiger partial charge on any atom is 0.199 e. The Morgan fingerprint density at radius 1 is 0.952 bits per heavy atom. The molecule has 0 radical (unpaired) electrons. The van der Waals surface area contributed by atoms with Gasteiger partial charge in [0.15, 0.2) is 9.84 Å². The van der Waals surface area contributed by atoms with Crippen molar-refractivity contribution in [3.05, 3.63) is 77.7 Å². The molecule has 2 rings (SSSR count). The first-order valence-electron chi connectivity index (χ1n) is 6.86. The molecule has 0 aromatic heterocycles. The lowest BCUT2D eigenvalue weighted by molar-refractivity contribution is 0.604. The molecule has 0 bridgehead atoms. The standard InChI is InChI=1S/C17H19NO2S/c18-16(12-11-15-7-3-1-4-8-15)13-14-21(19,20)17-9-5-2-6-10-17/h1-10,13-14,16H,11-12,18H2/t16-/m0/s1. The smallest absolute Gasteiger partial charge is 0.199 e. The van der Waals surface area contributed by atoms with Crippen LogP contribution in [0.4, 0.5) is 0 Å². The largest absolute Gasteiger partial charge is 0.324 e. The summed E-state index contributed by atoms with van der Waals surface area (Å²) in [5.74, 6) is 0. The van der Waals surface area contributed by atoms with Gasteiger partial charge in [0, 0.05) is 11.4 Å². The lowest BCUT2D eigenvalue weighted by Gasteiger charge is -2.06. The average Bonchev–Trinajstić information content (AvgIpc) is 2.53. The van der Waals surface area contributed by atoms with Crippen molar-refractivity contribution in [1.82, 2.24) is 0 Å². The molecule has 0 fully saturated rings. The summed E-state index contributed by atoms with van der Waals surface area (Å²) in [6.07, 6.45) is 3.10. The van der Waals surface area contributed by atoms with Gasteiger partial charge in [0.2, 0.25) is 0 Å². The number of hydrogen-bond donors (Lipinski definition) is 1. The molecule has 110 valence electrons. The normalized spacial score (nSPS) is 13.4. The van der Waals surface area contributed by atoms with E-state index in [0.29, 0.717) is 6.42 Å². The lowest BCUT2D eigenvalue weighted by atomic mass is 10.1. The van der Waals surface area contributed by atoms with Crippen molar-refractivity contribution >= 4 is 9.84 Å². The van der Waals surface area contributed by atoms with Crippen molar-refractivity contribution in [2.75, 3.05) is 0 Å². The summed E-state index contributed by atoms with van der Waals surface area (Å²) < 4.78 is 24.1. The fourth-order valence-corrected chi connectivity index (χ4v) is 3.07. The van der Waals surface area contributed by atoms with E-state index in [1.54, 1.807) is 36.4 Å². The van der Waals surface area contributed by atoms with Gasteiger partial charge < -0.3 is 5.73 Å². The molecule has 0 aliphatic rings. The minimum atomic E-state index is -3.40. The van der Waals surface area contributed by atoms with Gasteiger partial charge >= 0.3 is 0 Å². The fourth-order valence-electron chi connectivity index (χ4n) is 1.97. The molecule has 2 aromatic carbocycles. The van der Waals surface area contributed by atoms with Gasteiger partial charge in [-0.25, -0.2) is 8.42 Å². The van der Waals surface area contributed by atoms with Crippen LogP contribution in [0.15, 0.2) is 77.0 Å². The predicted octanol–water partition coefficient (Wildman–Crippen LogP) is 2.93. The molecule has 3 nitrogen and oxygen atoms in total. The third-order valence-corrected chi connectivity index (χ3v) is 4.63. The van der Waals surface area contributed by atoms with E-state index in [2.05, 4.69) is 0 Å². The summed E-state index contributed by atoms with van der Waals surface area (Å²) in [7, 11) is -3.40. The van der Waals surface area contributed by atoms with E-state index in [4.69, 9.17) is 5.73 Å². The zero-order chi connectivity index (χ0) is 15.1. The highest BCUT2D eigenvalue weighted by atomic mass is 32.2. The van der Waals surface area contributed by atoms with E-state index < -0.39 is 9.84 Å². The number of sulfone groups is 1. The highest BCUT2D eigenvalue weighted by Gasteiger charge is 2.09. The zero-order valence-electron chi connectivity index (χ0n) is 11.7. The fraction of sp³-hybridized carbons (Fsp3) is 0.176. The maximum atomic E-state index is 12.1. The van der Waals surface area contributed by atoms with E-state index in [9.17, 15) is 8.42 Å². The molecule has 0 amide bonds. The molecule has 0 unspecified atom stereocenters. The van der Waals surface area contributed by atoms with Gasteiger partial charge in [-0.2, -0.15) is 0 Å². The van der Waals surface area contributed by atoms with Crippen molar-refractivity contribution in [3.8, 4) is 0 Å². The Balaban J connectivity index is 1.94. The van der Waals surface area contributed by atoms with E-state index >= 15 is 0 Å². The van der Waals surface area contributed by atoms with Gasteiger partial charge in [-0.15, -0.1) is 0 Å². The third-order valence-electron chi connectivity index (χ3n) is 3.19. The Morgan fingerprint density at radius 2 is 1.52 bits per heavy atom. The Labute approximate surface area is 126 Å². The molecular weight excluding hydrogens is 282 g/mol. The second-order valence-corrected chi connectivity index (χ2v) is 6.71. The molecule has 0 heterocycles. The third kappa shape index (κ3) is 4.85. The minimum absolute atomic E-state index is 0.274. The predicted molar refractivity (Wildman–Crippen MR) is 85.5 cm³/mol. The highest BCUT2D eigenvalue weighted by molar-refractivity contribution is 7.94. The molecule has 0 aliphatic carbocycles. The van der Waals surface area contributed by atoms with Crippen molar-refractivity contribution in [2.45, 2.75) is 23.8 Å². The molecule has 4 heteroatoms. The lowest BCUT2D eigenvalue weighted by Crippen LogP contribution is -2.18. The second-order valence-electron chi connectivity index (χ2n) is 4.87. The Kier molecular flexibility index (Phi) is 5.31. The minimum Gasteiger partial charge on any atom is -0.324 e. The molecule has 21 heavy (non-hydrogen) atoms. The maximum absolute atomic E-state index is 12.1. The number of nitrogens with two attached hydrogens (primary N) is 1. The summed E-state index contributed by atoms with van der Waals surface area (Å²) in [6, 6.07) is 18.1. The van der Waals surface area contributed by atoms with Crippen LogP contribution in [0.25, 0.3) is 0 Å². The molecule has 2 N–H and O–H groups in total. The Bertz CT molecular complexity index is 679. The topological polar surface area (TPSA) is 60.2 Å². The molecule has 0 saturated heterocycles. The zero-order valence-corrected chi connectivity index (χ0v) is 12.5. The first-order valence-corrected chi connectivity index (χ1v) is 8.40. The van der Waals surface area contributed by atoms with Crippen LogP contribution >= 0.6 is 0 Å². The van der Waals surface area contributed by atoms with Crippen molar-refractivity contribution in [3.63, 3.8) is 0 Å². The van der Waals surface area contributed by atoms with Gasteiger partial charge in [-0.3, -0.25) is 0 Å².